The zero-order valence-corrected chi connectivity index (χ0v) is 7.49. The van der Waals surface area contributed by atoms with E-state index in [1.807, 2.05) is 0 Å². The molecule has 2 rings (SSSR count). The van der Waals surface area contributed by atoms with Gasteiger partial charge in [0.1, 0.15) is 17.1 Å². The lowest BCUT2D eigenvalue weighted by Crippen LogP contribution is -1.89. The summed E-state index contributed by atoms with van der Waals surface area (Å²) in [5, 5.41) is 12.2. The highest BCUT2D eigenvalue weighted by molar-refractivity contribution is 5.99. The van der Waals surface area contributed by atoms with E-state index in [1.54, 1.807) is 19.1 Å². The highest BCUT2D eigenvalue weighted by atomic mass is 19.1. The molecule has 72 valence electrons. The Kier molecular flexibility index (Phi) is 1.96. The van der Waals surface area contributed by atoms with Crippen LogP contribution in [0.4, 0.5) is 4.39 Å². The number of hydrogen-bond acceptors (Lipinski definition) is 3. The fraction of sp³-hybridized carbons (Fsp3) is 0.100. The van der Waals surface area contributed by atoms with Crippen LogP contribution < -0.4 is 0 Å². The van der Waals surface area contributed by atoms with Gasteiger partial charge in [0.05, 0.1) is 0 Å². The van der Waals surface area contributed by atoms with E-state index in [9.17, 15) is 4.39 Å². The second kappa shape index (κ2) is 3.14. The third-order valence-corrected chi connectivity index (χ3v) is 1.98. The maximum absolute atomic E-state index is 12.8. The topological polar surface area (TPSA) is 45.7 Å². The van der Waals surface area contributed by atoms with Crippen LogP contribution in [0.25, 0.3) is 11.0 Å². The summed E-state index contributed by atoms with van der Waals surface area (Å²) in [6.07, 6.45) is 0. The third kappa shape index (κ3) is 1.35. The van der Waals surface area contributed by atoms with Crippen molar-refractivity contribution in [2.24, 2.45) is 5.16 Å². The monoisotopic (exact) mass is 193 g/mol. The van der Waals surface area contributed by atoms with E-state index in [2.05, 4.69) is 5.16 Å². The summed E-state index contributed by atoms with van der Waals surface area (Å²) < 4.78 is 18.1. The molecule has 0 spiro atoms. The van der Waals surface area contributed by atoms with E-state index in [0.29, 0.717) is 22.4 Å². The number of oxime groups is 1. The van der Waals surface area contributed by atoms with Crippen molar-refractivity contribution in [3.05, 3.63) is 35.8 Å². The van der Waals surface area contributed by atoms with Crippen molar-refractivity contribution < 1.29 is 14.0 Å². The predicted molar refractivity (Wildman–Crippen MR) is 50.2 cm³/mol. The molecule has 1 N–H and O–H groups in total. The van der Waals surface area contributed by atoms with Crippen molar-refractivity contribution >= 4 is 16.7 Å². The van der Waals surface area contributed by atoms with Gasteiger partial charge in [0.25, 0.3) is 0 Å². The van der Waals surface area contributed by atoms with Crippen LogP contribution in [0.3, 0.4) is 0 Å². The standard InChI is InChI=1S/C10H8FNO2/c1-6(12-13)10-5-7-4-8(11)2-3-9(7)14-10/h2-5,13H,1H3/b12-6-. The zero-order chi connectivity index (χ0) is 10.1. The fourth-order valence-corrected chi connectivity index (χ4v) is 1.24. The first-order valence-corrected chi connectivity index (χ1v) is 4.09. The molecule has 0 saturated carbocycles. The first kappa shape index (κ1) is 8.74. The van der Waals surface area contributed by atoms with Crippen LogP contribution in [0.1, 0.15) is 12.7 Å². The molecule has 0 amide bonds. The number of halogens is 1. The van der Waals surface area contributed by atoms with Gasteiger partial charge >= 0.3 is 0 Å². The van der Waals surface area contributed by atoms with Crippen LogP contribution in [-0.4, -0.2) is 10.9 Å². The number of nitrogens with zero attached hydrogens (tertiary/aromatic N) is 1. The summed E-state index contributed by atoms with van der Waals surface area (Å²) in [4.78, 5) is 0. The number of furan rings is 1. The molecule has 0 bridgehead atoms. The number of hydrogen-bond donors (Lipinski definition) is 1. The van der Waals surface area contributed by atoms with E-state index in [1.165, 1.54) is 12.1 Å². The summed E-state index contributed by atoms with van der Waals surface area (Å²) in [6.45, 7) is 1.61. The van der Waals surface area contributed by atoms with E-state index in [4.69, 9.17) is 9.62 Å². The Morgan fingerprint density at radius 1 is 1.43 bits per heavy atom. The lowest BCUT2D eigenvalue weighted by Gasteiger charge is -1.88. The van der Waals surface area contributed by atoms with Gasteiger partial charge in [-0.25, -0.2) is 4.39 Å². The van der Waals surface area contributed by atoms with E-state index >= 15 is 0 Å². The average Bonchev–Trinajstić information content (AvgIpc) is 2.59. The van der Waals surface area contributed by atoms with Crippen LogP contribution >= 0.6 is 0 Å². The number of benzene rings is 1. The lowest BCUT2D eigenvalue weighted by atomic mass is 10.2. The molecule has 0 aliphatic carbocycles. The smallest absolute Gasteiger partial charge is 0.152 e. The summed E-state index contributed by atoms with van der Waals surface area (Å²) >= 11 is 0. The van der Waals surface area contributed by atoms with E-state index in [-0.39, 0.29) is 5.82 Å². The summed E-state index contributed by atoms with van der Waals surface area (Å²) in [5.74, 6) is 0.122. The van der Waals surface area contributed by atoms with Gasteiger partial charge in [0.15, 0.2) is 5.76 Å². The molecular formula is C10H8FNO2. The second-order valence-electron chi connectivity index (χ2n) is 2.98. The van der Waals surface area contributed by atoms with Crippen molar-refractivity contribution in [3.8, 4) is 0 Å². The normalized spacial score (nSPS) is 12.3. The van der Waals surface area contributed by atoms with Crippen LogP contribution in [0.5, 0.6) is 0 Å². The van der Waals surface area contributed by atoms with E-state index in [0.717, 1.165) is 0 Å². The summed E-state index contributed by atoms with van der Waals surface area (Å²) in [6, 6.07) is 5.86. The van der Waals surface area contributed by atoms with Crippen molar-refractivity contribution in [2.45, 2.75) is 6.92 Å². The van der Waals surface area contributed by atoms with Crippen molar-refractivity contribution in [1.29, 1.82) is 0 Å². The Morgan fingerprint density at radius 3 is 2.93 bits per heavy atom. The molecule has 0 fully saturated rings. The van der Waals surface area contributed by atoms with Crippen LogP contribution in [0.15, 0.2) is 33.8 Å². The number of fused-ring (bicyclic) bond motifs is 1. The maximum atomic E-state index is 12.8. The first-order chi connectivity index (χ1) is 6.70. The molecule has 0 aliphatic rings. The van der Waals surface area contributed by atoms with Gasteiger partial charge in [-0.2, -0.15) is 0 Å². The molecule has 3 nitrogen and oxygen atoms in total. The van der Waals surface area contributed by atoms with Crippen LogP contribution in [0.2, 0.25) is 0 Å². The quantitative estimate of drug-likeness (QED) is 0.430. The third-order valence-electron chi connectivity index (χ3n) is 1.98. The lowest BCUT2D eigenvalue weighted by molar-refractivity contribution is 0.318. The molecule has 1 heterocycles. The molecule has 2 aromatic rings. The molecule has 0 aliphatic heterocycles. The average molecular weight is 193 g/mol. The first-order valence-electron chi connectivity index (χ1n) is 4.09. The predicted octanol–water partition coefficient (Wildman–Crippen LogP) is 2.77. The summed E-state index contributed by atoms with van der Waals surface area (Å²) in [5.41, 5.74) is 0.936. The van der Waals surface area contributed by atoms with Gasteiger partial charge < -0.3 is 9.62 Å². The minimum atomic E-state index is -0.316. The van der Waals surface area contributed by atoms with Crippen LogP contribution in [-0.2, 0) is 0 Å². The Labute approximate surface area is 79.4 Å². The molecule has 0 saturated heterocycles. The number of rotatable bonds is 1. The second-order valence-corrected chi connectivity index (χ2v) is 2.98. The Balaban J connectivity index is 2.62. The van der Waals surface area contributed by atoms with Gasteiger partial charge in [0, 0.05) is 5.39 Å². The Hall–Kier alpha value is -1.84. The fourth-order valence-electron chi connectivity index (χ4n) is 1.24. The zero-order valence-electron chi connectivity index (χ0n) is 7.49. The summed E-state index contributed by atoms with van der Waals surface area (Å²) in [7, 11) is 0. The highest BCUT2D eigenvalue weighted by Crippen LogP contribution is 2.20. The molecule has 0 atom stereocenters. The minimum absolute atomic E-state index is 0.316. The molecule has 0 unspecified atom stereocenters. The van der Waals surface area contributed by atoms with Gasteiger partial charge in [-0.15, -0.1) is 0 Å². The molecule has 0 radical (unpaired) electrons. The van der Waals surface area contributed by atoms with E-state index < -0.39 is 0 Å². The van der Waals surface area contributed by atoms with Crippen molar-refractivity contribution in [1.82, 2.24) is 0 Å². The minimum Gasteiger partial charge on any atom is -0.455 e. The van der Waals surface area contributed by atoms with Gasteiger partial charge in [-0.05, 0) is 31.2 Å². The van der Waals surface area contributed by atoms with Gasteiger partial charge in [0.2, 0.25) is 0 Å². The Morgan fingerprint density at radius 2 is 2.21 bits per heavy atom. The molecule has 4 heteroatoms. The highest BCUT2D eigenvalue weighted by Gasteiger charge is 2.07. The van der Waals surface area contributed by atoms with Crippen molar-refractivity contribution in [3.63, 3.8) is 0 Å². The molecule has 14 heavy (non-hydrogen) atoms. The Bertz CT molecular complexity index is 502. The van der Waals surface area contributed by atoms with Gasteiger partial charge in [-0.1, -0.05) is 5.16 Å². The van der Waals surface area contributed by atoms with Gasteiger partial charge in [-0.3, -0.25) is 0 Å². The SMILES string of the molecule is C/C(=N/O)c1cc2cc(F)ccc2o1. The molecule has 1 aromatic heterocycles. The molecular weight excluding hydrogens is 185 g/mol. The van der Waals surface area contributed by atoms with Crippen molar-refractivity contribution in [2.75, 3.05) is 0 Å². The largest absolute Gasteiger partial charge is 0.455 e. The molecule has 1 aromatic carbocycles. The maximum Gasteiger partial charge on any atom is 0.152 e. The van der Waals surface area contributed by atoms with Crippen LogP contribution in [0, 0.1) is 5.82 Å².